The number of piperidine rings is 1. The maximum absolute atomic E-state index is 12.4. The van der Waals surface area contributed by atoms with Gasteiger partial charge in [-0.05, 0) is 67.9 Å². The predicted octanol–water partition coefficient (Wildman–Crippen LogP) is 4.69. The summed E-state index contributed by atoms with van der Waals surface area (Å²) in [5, 5.41) is 4.96. The van der Waals surface area contributed by atoms with Crippen LogP contribution in [-0.2, 0) is 9.53 Å². The highest BCUT2D eigenvalue weighted by Gasteiger charge is 2.43. The molecule has 0 amide bonds. The van der Waals surface area contributed by atoms with Crippen molar-refractivity contribution in [2.24, 2.45) is 17.3 Å². The van der Waals surface area contributed by atoms with Crippen molar-refractivity contribution in [3.63, 3.8) is 0 Å². The van der Waals surface area contributed by atoms with Gasteiger partial charge in [-0.1, -0.05) is 32.8 Å². The lowest BCUT2D eigenvalue weighted by Crippen LogP contribution is -2.45. The van der Waals surface area contributed by atoms with E-state index < -0.39 is 0 Å². The van der Waals surface area contributed by atoms with E-state index in [1.165, 1.54) is 7.11 Å². The number of benzene rings is 1. The van der Waals surface area contributed by atoms with Crippen molar-refractivity contribution >= 4 is 16.9 Å². The Hall–Kier alpha value is -2.28. The summed E-state index contributed by atoms with van der Waals surface area (Å²) in [4.78, 5) is 14.9. The van der Waals surface area contributed by atoms with Gasteiger partial charge in [0.05, 0.1) is 25.7 Å². The highest BCUT2D eigenvalue weighted by molar-refractivity contribution is 5.88. The van der Waals surface area contributed by atoms with E-state index >= 15 is 0 Å². The molecule has 2 heterocycles. The molecule has 7 heteroatoms. The third kappa shape index (κ3) is 5.03. The lowest BCUT2D eigenvalue weighted by molar-refractivity contribution is -0.154. The molecular weight excluding hydrogens is 408 g/mol. The van der Waals surface area contributed by atoms with Crippen molar-refractivity contribution in [3.8, 4) is 11.6 Å². The monoisotopic (exact) mass is 444 g/mol. The summed E-state index contributed by atoms with van der Waals surface area (Å²) in [5.74, 6) is 2.12. The Kier molecular flexibility index (Phi) is 7.23. The zero-order valence-electron chi connectivity index (χ0n) is 19.6. The van der Waals surface area contributed by atoms with E-state index in [-0.39, 0.29) is 11.4 Å². The fourth-order valence-corrected chi connectivity index (χ4v) is 5.04. The van der Waals surface area contributed by atoms with E-state index in [0.29, 0.717) is 36.5 Å². The van der Waals surface area contributed by atoms with Crippen LogP contribution in [0.2, 0.25) is 0 Å². The summed E-state index contributed by atoms with van der Waals surface area (Å²) in [7, 11) is 1.51. The minimum absolute atomic E-state index is 0.0335. The molecule has 7 nitrogen and oxygen atoms in total. The van der Waals surface area contributed by atoms with Crippen molar-refractivity contribution < 1.29 is 23.5 Å². The van der Waals surface area contributed by atoms with Crippen LogP contribution < -0.4 is 9.47 Å². The second kappa shape index (κ2) is 10.1. The number of carbonyl (C=O) groups excluding carboxylic acids is 1. The first kappa shape index (κ1) is 22.9. The SMILES string of the molecule is COC(=O)C1(CN2CCC(COc3noc4cccc(OCC(C)C)c34)CC2)CCCC1. The van der Waals surface area contributed by atoms with Crippen molar-refractivity contribution in [2.75, 3.05) is 40.0 Å². The van der Waals surface area contributed by atoms with Gasteiger partial charge in [0.2, 0.25) is 0 Å². The van der Waals surface area contributed by atoms with Gasteiger partial charge in [-0.3, -0.25) is 4.79 Å². The van der Waals surface area contributed by atoms with Gasteiger partial charge >= 0.3 is 5.97 Å². The number of fused-ring (bicyclic) bond motifs is 1. The molecule has 1 aliphatic carbocycles. The van der Waals surface area contributed by atoms with Crippen molar-refractivity contribution in [1.82, 2.24) is 10.1 Å². The van der Waals surface area contributed by atoms with Crippen LogP contribution in [0.5, 0.6) is 11.6 Å². The number of ether oxygens (including phenoxy) is 3. The van der Waals surface area contributed by atoms with E-state index in [1.54, 1.807) is 0 Å². The summed E-state index contributed by atoms with van der Waals surface area (Å²) in [6.07, 6.45) is 6.22. The third-order valence-corrected chi connectivity index (χ3v) is 6.87. The smallest absolute Gasteiger partial charge is 0.313 e. The molecule has 0 unspecified atom stereocenters. The predicted molar refractivity (Wildman–Crippen MR) is 122 cm³/mol. The standard InChI is InChI=1S/C25H36N2O5/c1-18(2)15-30-20-7-6-8-21-22(20)23(26-32-21)31-16-19-9-13-27(14-10-19)17-25(24(28)29-3)11-4-5-12-25/h6-8,18-19H,4-5,9-17H2,1-3H3. The number of rotatable bonds is 9. The Morgan fingerprint density at radius 1 is 1.22 bits per heavy atom. The first-order chi connectivity index (χ1) is 15.5. The molecule has 0 radical (unpaired) electrons. The molecule has 0 N–H and O–H groups in total. The van der Waals surface area contributed by atoms with Crippen molar-refractivity contribution in [2.45, 2.75) is 52.4 Å². The summed E-state index contributed by atoms with van der Waals surface area (Å²) in [5.41, 5.74) is 0.380. The number of likely N-dealkylation sites (tertiary alicyclic amines) is 1. The molecule has 1 aromatic carbocycles. The molecule has 2 aromatic rings. The van der Waals surface area contributed by atoms with Gasteiger partial charge < -0.3 is 23.6 Å². The van der Waals surface area contributed by atoms with Crippen molar-refractivity contribution in [3.05, 3.63) is 18.2 Å². The van der Waals surface area contributed by atoms with Gasteiger partial charge in [0.1, 0.15) is 11.1 Å². The summed E-state index contributed by atoms with van der Waals surface area (Å²) >= 11 is 0. The fraction of sp³-hybridized carbons (Fsp3) is 0.680. The van der Waals surface area contributed by atoms with Gasteiger partial charge in [0, 0.05) is 6.54 Å². The Balaban J connectivity index is 1.32. The Morgan fingerprint density at radius 2 is 1.97 bits per heavy atom. The van der Waals surface area contributed by atoms with Crippen LogP contribution in [0.15, 0.2) is 22.7 Å². The van der Waals surface area contributed by atoms with E-state index in [4.69, 9.17) is 18.7 Å². The fourth-order valence-electron chi connectivity index (χ4n) is 5.04. The Labute approximate surface area is 190 Å². The first-order valence-electron chi connectivity index (χ1n) is 12.0. The van der Waals surface area contributed by atoms with Gasteiger partial charge in [0.15, 0.2) is 5.58 Å². The normalized spacial score (nSPS) is 19.5. The van der Waals surface area contributed by atoms with Crippen LogP contribution in [0.25, 0.3) is 11.0 Å². The average molecular weight is 445 g/mol. The number of methoxy groups -OCH3 is 1. The van der Waals surface area contributed by atoms with E-state index in [1.807, 2.05) is 18.2 Å². The Morgan fingerprint density at radius 3 is 2.66 bits per heavy atom. The van der Waals surface area contributed by atoms with Crippen LogP contribution in [0.4, 0.5) is 0 Å². The zero-order valence-corrected chi connectivity index (χ0v) is 19.6. The maximum Gasteiger partial charge on any atom is 0.313 e. The lowest BCUT2D eigenvalue weighted by Gasteiger charge is -2.37. The third-order valence-electron chi connectivity index (χ3n) is 6.87. The second-order valence-electron chi connectivity index (χ2n) is 9.83. The molecular formula is C25H36N2O5. The highest BCUT2D eigenvalue weighted by Crippen LogP contribution is 2.41. The van der Waals surface area contributed by atoms with E-state index in [2.05, 4.69) is 23.9 Å². The number of aromatic nitrogens is 1. The average Bonchev–Trinajstić information content (AvgIpc) is 3.45. The molecule has 1 aliphatic heterocycles. The second-order valence-corrected chi connectivity index (χ2v) is 9.83. The van der Waals surface area contributed by atoms with Crippen LogP contribution in [0, 0.1) is 17.3 Å². The Bertz CT molecular complexity index is 895. The molecule has 1 saturated heterocycles. The minimum atomic E-state index is -0.301. The van der Waals surface area contributed by atoms with Gasteiger partial charge in [-0.2, -0.15) is 0 Å². The summed E-state index contributed by atoms with van der Waals surface area (Å²) < 4.78 is 22.7. The molecule has 1 saturated carbocycles. The lowest BCUT2D eigenvalue weighted by atomic mass is 9.84. The summed E-state index contributed by atoms with van der Waals surface area (Å²) in [6.45, 7) is 8.27. The molecule has 4 rings (SSSR count). The number of hydrogen-bond donors (Lipinski definition) is 0. The van der Waals surface area contributed by atoms with Crippen molar-refractivity contribution in [1.29, 1.82) is 0 Å². The molecule has 176 valence electrons. The number of nitrogens with zero attached hydrogens (tertiary/aromatic N) is 2. The molecule has 2 fully saturated rings. The molecule has 0 atom stereocenters. The molecule has 2 aliphatic rings. The van der Waals surface area contributed by atoms with Crippen LogP contribution >= 0.6 is 0 Å². The number of hydrogen-bond acceptors (Lipinski definition) is 7. The van der Waals surface area contributed by atoms with Gasteiger partial charge in [-0.15, -0.1) is 0 Å². The van der Waals surface area contributed by atoms with Gasteiger partial charge in [-0.25, -0.2) is 0 Å². The van der Waals surface area contributed by atoms with E-state index in [9.17, 15) is 4.79 Å². The van der Waals surface area contributed by atoms with Crippen LogP contribution in [-0.4, -0.2) is 56.0 Å². The van der Waals surface area contributed by atoms with E-state index in [0.717, 1.165) is 69.3 Å². The zero-order chi connectivity index (χ0) is 22.6. The van der Waals surface area contributed by atoms with Gasteiger partial charge in [0.25, 0.3) is 5.88 Å². The maximum atomic E-state index is 12.4. The molecule has 0 spiro atoms. The minimum Gasteiger partial charge on any atom is -0.492 e. The summed E-state index contributed by atoms with van der Waals surface area (Å²) in [6, 6.07) is 5.73. The first-order valence-corrected chi connectivity index (χ1v) is 12.0. The molecule has 1 aromatic heterocycles. The highest BCUT2D eigenvalue weighted by atomic mass is 16.5. The van der Waals surface area contributed by atoms with Crippen LogP contribution in [0.1, 0.15) is 52.4 Å². The van der Waals surface area contributed by atoms with Crippen LogP contribution in [0.3, 0.4) is 0 Å². The number of carbonyl (C=O) groups is 1. The molecule has 0 bridgehead atoms. The topological polar surface area (TPSA) is 74.0 Å². The molecule has 32 heavy (non-hydrogen) atoms. The number of esters is 1. The largest absolute Gasteiger partial charge is 0.492 e. The quantitative estimate of drug-likeness (QED) is 0.520.